The number of hydrogen-bond acceptors (Lipinski definition) is 2. The molecule has 1 rings (SSSR count). The molecule has 2 amide bonds. The van der Waals surface area contributed by atoms with Crippen molar-refractivity contribution in [1.82, 2.24) is 14.9 Å². The number of rotatable bonds is 4. The summed E-state index contributed by atoms with van der Waals surface area (Å²) in [6.45, 7) is 6.33. The van der Waals surface area contributed by atoms with Crippen molar-refractivity contribution >= 4 is 17.0 Å². The Hall–Kier alpha value is -0.620. The Morgan fingerprint density at radius 1 is 1.53 bits per heavy atom. The highest BCUT2D eigenvalue weighted by Gasteiger charge is 2.22. The normalized spacial score (nSPS) is 23.4. The van der Waals surface area contributed by atoms with Crippen molar-refractivity contribution in [1.29, 1.82) is 0 Å². The van der Waals surface area contributed by atoms with Crippen LogP contribution in [0.25, 0.3) is 0 Å². The minimum Gasteiger partial charge on any atom is -0.338 e. The van der Waals surface area contributed by atoms with E-state index in [0.29, 0.717) is 19.0 Å². The topological polar surface area (TPSA) is 61.4 Å². The van der Waals surface area contributed by atoms with Gasteiger partial charge >= 0.3 is 6.03 Å². The van der Waals surface area contributed by atoms with E-state index >= 15 is 0 Å². The molecule has 1 saturated heterocycles. The monoisotopic (exact) mass is 261 g/mol. The van der Waals surface area contributed by atoms with E-state index in [1.165, 1.54) is 0 Å². The van der Waals surface area contributed by atoms with E-state index < -0.39 is 11.0 Å². The van der Waals surface area contributed by atoms with E-state index in [2.05, 4.69) is 24.5 Å². The first kappa shape index (κ1) is 14.4. The minimum absolute atomic E-state index is 0.111. The molecule has 1 fully saturated rings. The lowest BCUT2D eigenvalue weighted by Crippen LogP contribution is -2.51. The van der Waals surface area contributed by atoms with Gasteiger partial charge in [0.25, 0.3) is 0 Å². The molecule has 0 bridgehead atoms. The third kappa shape index (κ3) is 5.50. The van der Waals surface area contributed by atoms with Crippen LogP contribution in [-0.2, 0) is 11.0 Å². The Morgan fingerprint density at radius 3 is 2.82 bits per heavy atom. The Morgan fingerprint density at radius 2 is 2.24 bits per heavy atom. The number of nitrogens with one attached hydrogen (secondary N) is 2. The standard InChI is InChI=1S/C11H23N3O2S/c1-9(2)7-12-11(15)13-10-5-4-6-14(8-10)17(3)16/h9-10H,4-8H2,1-3H3,(H2,12,13,15). The lowest BCUT2D eigenvalue weighted by atomic mass is 10.1. The van der Waals surface area contributed by atoms with Crippen molar-refractivity contribution in [3.8, 4) is 0 Å². The van der Waals surface area contributed by atoms with E-state index in [4.69, 9.17) is 0 Å². The minimum atomic E-state index is -0.937. The van der Waals surface area contributed by atoms with Crippen molar-refractivity contribution in [3.63, 3.8) is 0 Å². The Bertz CT molecular complexity index is 284. The summed E-state index contributed by atoms with van der Waals surface area (Å²) in [6, 6.07) is -0.00718. The van der Waals surface area contributed by atoms with Crippen LogP contribution < -0.4 is 10.6 Å². The number of hydrogen-bond donors (Lipinski definition) is 2. The first-order valence-electron chi connectivity index (χ1n) is 6.12. The van der Waals surface area contributed by atoms with Gasteiger partial charge in [0.2, 0.25) is 0 Å². The highest BCUT2D eigenvalue weighted by atomic mass is 32.2. The van der Waals surface area contributed by atoms with Gasteiger partial charge in [-0.25, -0.2) is 13.3 Å². The number of carbonyl (C=O) groups excluding carboxylic acids is 1. The summed E-state index contributed by atoms with van der Waals surface area (Å²) in [4.78, 5) is 11.6. The molecule has 0 aliphatic carbocycles. The molecule has 1 aliphatic heterocycles. The largest absolute Gasteiger partial charge is 0.338 e. The van der Waals surface area contributed by atoms with Gasteiger partial charge in [-0.15, -0.1) is 0 Å². The van der Waals surface area contributed by atoms with Gasteiger partial charge in [-0.2, -0.15) is 0 Å². The molecule has 17 heavy (non-hydrogen) atoms. The molecular weight excluding hydrogens is 238 g/mol. The van der Waals surface area contributed by atoms with Gasteiger partial charge in [0, 0.05) is 31.9 Å². The summed E-state index contributed by atoms with van der Waals surface area (Å²) < 4.78 is 13.3. The molecule has 2 atom stereocenters. The summed E-state index contributed by atoms with van der Waals surface area (Å²) in [7, 11) is -0.937. The third-order valence-electron chi connectivity index (χ3n) is 2.75. The predicted molar refractivity (Wildman–Crippen MR) is 70.0 cm³/mol. The van der Waals surface area contributed by atoms with Crippen LogP contribution >= 0.6 is 0 Å². The van der Waals surface area contributed by atoms with Crippen LogP contribution in [0.4, 0.5) is 4.79 Å². The molecule has 0 aromatic heterocycles. The summed E-state index contributed by atoms with van der Waals surface area (Å²) in [5.41, 5.74) is 0. The summed E-state index contributed by atoms with van der Waals surface area (Å²) in [5, 5.41) is 5.76. The zero-order valence-corrected chi connectivity index (χ0v) is 11.7. The molecule has 5 nitrogen and oxygen atoms in total. The second-order valence-electron chi connectivity index (χ2n) is 4.90. The molecule has 0 saturated carbocycles. The van der Waals surface area contributed by atoms with Gasteiger partial charge in [-0.3, -0.25) is 0 Å². The van der Waals surface area contributed by atoms with Crippen LogP contribution in [0.3, 0.4) is 0 Å². The van der Waals surface area contributed by atoms with Crippen molar-refractivity contribution < 1.29 is 9.00 Å². The van der Waals surface area contributed by atoms with Gasteiger partial charge < -0.3 is 10.6 Å². The Labute approximate surface area is 106 Å². The van der Waals surface area contributed by atoms with Crippen molar-refractivity contribution in [3.05, 3.63) is 0 Å². The molecule has 100 valence electrons. The zero-order valence-electron chi connectivity index (χ0n) is 10.9. The maximum absolute atomic E-state index is 11.6. The molecule has 1 aliphatic rings. The highest BCUT2D eigenvalue weighted by molar-refractivity contribution is 7.81. The predicted octanol–water partition coefficient (Wildman–Crippen LogP) is 0.699. The Kier molecular flexibility index (Phi) is 5.91. The molecule has 6 heteroatoms. The molecule has 2 unspecified atom stereocenters. The van der Waals surface area contributed by atoms with Crippen LogP contribution in [0, 0.1) is 5.92 Å². The number of urea groups is 1. The maximum Gasteiger partial charge on any atom is 0.315 e. The molecule has 0 spiro atoms. The highest BCUT2D eigenvalue weighted by Crippen LogP contribution is 2.11. The lowest BCUT2D eigenvalue weighted by molar-refractivity contribution is 0.226. The summed E-state index contributed by atoms with van der Waals surface area (Å²) in [6.07, 6.45) is 3.62. The van der Waals surface area contributed by atoms with Crippen LogP contribution in [0.15, 0.2) is 0 Å². The second-order valence-corrected chi connectivity index (χ2v) is 6.26. The third-order valence-corrected chi connectivity index (χ3v) is 3.81. The van der Waals surface area contributed by atoms with E-state index in [9.17, 15) is 9.00 Å². The van der Waals surface area contributed by atoms with Gasteiger partial charge in [0.15, 0.2) is 0 Å². The first-order valence-corrected chi connectivity index (χ1v) is 7.63. The van der Waals surface area contributed by atoms with Crippen molar-refractivity contribution in [2.24, 2.45) is 5.92 Å². The molecule has 2 N–H and O–H groups in total. The van der Waals surface area contributed by atoms with Gasteiger partial charge in [0.1, 0.15) is 0 Å². The Balaban J connectivity index is 2.30. The molecule has 1 heterocycles. The number of carbonyl (C=O) groups is 1. The number of piperidine rings is 1. The van der Waals surface area contributed by atoms with E-state index in [1.807, 2.05) is 4.31 Å². The van der Waals surface area contributed by atoms with Crippen LogP contribution in [0.2, 0.25) is 0 Å². The zero-order chi connectivity index (χ0) is 12.8. The average molecular weight is 261 g/mol. The van der Waals surface area contributed by atoms with Crippen LogP contribution in [-0.4, -0.2) is 46.5 Å². The van der Waals surface area contributed by atoms with Gasteiger partial charge in [0.05, 0.1) is 11.0 Å². The molecular formula is C11H23N3O2S. The second kappa shape index (κ2) is 6.96. The van der Waals surface area contributed by atoms with Crippen molar-refractivity contribution in [2.75, 3.05) is 25.9 Å². The lowest BCUT2D eigenvalue weighted by Gasteiger charge is -2.31. The smallest absolute Gasteiger partial charge is 0.315 e. The van der Waals surface area contributed by atoms with E-state index in [-0.39, 0.29) is 12.1 Å². The summed E-state index contributed by atoms with van der Waals surface area (Å²) in [5.74, 6) is 0.451. The van der Waals surface area contributed by atoms with Gasteiger partial charge in [-0.1, -0.05) is 13.8 Å². The fourth-order valence-electron chi connectivity index (χ4n) is 1.83. The fourth-order valence-corrected chi connectivity index (χ4v) is 2.60. The fraction of sp³-hybridized carbons (Fsp3) is 0.909. The molecule has 0 radical (unpaired) electrons. The molecule has 0 aromatic carbocycles. The van der Waals surface area contributed by atoms with Crippen LogP contribution in [0.1, 0.15) is 26.7 Å². The molecule has 0 aromatic rings. The van der Waals surface area contributed by atoms with Gasteiger partial charge in [-0.05, 0) is 18.8 Å². The SMILES string of the molecule is CC(C)CNC(=O)NC1CCCN(S(C)=O)C1. The first-order chi connectivity index (χ1) is 7.99. The average Bonchev–Trinajstić information content (AvgIpc) is 2.26. The van der Waals surface area contributed by atoms with Crippen LogP contribution in [0.5, 0.6) is 0 Å². The number of nitrogens with zero attached hydrogens (tertiary/aromatic N) is 1. The van der Waals surface area contributed by atoms with E-state index in [1.54, 1.807) is 6.26 Å². The number of amides is 2. The van der Waals surface area contributed by atoms with E-state index in [0.717, 1.165) is 19.4 Å². The van der Waals surface area contributed by atoms with Crippen molar-refractivity contribution in [2.45, 2.75) is 32.7 Å². The maximum atomic E-state index is 11.6. The quantitative estimate of drug-likeness (QED) is 0.782. The summed E-state index contributed by atoms with van der Waals surface area (Å²) >= 11 is 0.